The molecule has 1 aromatic heterocycles. The van der Waals surface area contributed by atoms with E-state index in [1.165, 1.54) is 32.7 Å². The molecule has 1 aliphatic rings. The average molecular weight is 563 g/mol. The van der Waals surface area contributed by atoms with E-state index in [9.17, 15) is 0 Å². The second-order valence-corrected chi connectivity index (χ2v) is 11.2. The van der Waals surface area contributed by atoms with Crippen LogP contribution in [-0.4, -0.2) is 4.98 Å². The van der Waals surface area contributed by atoms with E-state index in [-0.39, 0.29) is 0 Å². The SMILES string of the molecule is c1ccc(-c2ccc(N(c3ccccc3)c3ccc(-c4nc5c(o4)-c4cccc6cccc-5c46)cc3)c3ccccc23)cc1. The lowest BCUT2D eigenvalue weighted by atomic mass is 9.96. The van der Waals surface area contributed by atoms with E-state index >= 15 is 0 Å². The summed E-state index contributed by atoms with van der Waals surface area (Å²) >= 11 is 0. The largest absolute Gasteiger partial charge is 0.435 e. The number of fused-ring (bicyclic) bond motifs is 4. The summed E-state index contributed by atoms with van der Waals surface area (Å²) in [5, 5.41) is 4.85. The van der Waals surface area contributed by atoms with Gasteiger partial charge in [-0.25, -0.2) is 4.98 Å². The van der Waals surface area contributed by atoms with E-state index in [0.717, 1.165) is 45.2 Å². The van der Waals surface area contributed by atoms with Gasteiger partial charge in [0.05, 0.1) is 5.69 Å². The second kappa shape index (κ2) is 9.82. The van der Waals surface area contributed by atoms with Crippen LogP contribution in [0.15, 0.2) is 162 Å². The standard InChI is InChI=1S/C41H26N2O/c1-3-11-27(12-4-1)32-25-26-37(34-18-8-7-17-33(32)34)43(30-15-5-2-6-16-30)31-23-21-29(22-24-31)41-42-39-35-19-9-13-28-14-10-20-36(38(28)35)40(39)44-41/h1-26H. The molecule has 3 heteroatoms. The molecule has 0 saturated heterocycles. The molecule has 0 aliphatic heterocycles. The van der Waals surface area contributed by atoms with Crippen molar-refractivity contribution in [1.29, 1.82) is 0 Å². The van der Waals surface area contributed by atoms with Gasteiger partial charge in [-0.1, -0.05) is 115 Å². The molecule has 7 aromatic carbocycles. The Balaban J connectivity index is 1.15. The van der Waals surface area contributed by atoms with Gasteiger partial charge in [-0.3, -0.25) is 0 Å². The average Bonchev–Trinajstić information content (AvgIpc) is 3.66. The molecule has 0 saturated carbocycles. The highest BCUT2D eigenvalue weighted by atomic mass is 16.4. The number of hydrogen-bond donors (Lipinski definition) is 0. The van der Waals surface area contributed by atoms with Crippen LogP contribution in [0.3, 0.4) is 0 Å². The summed E-state index contributed by atoms with van der Waals surface area (Å²) < 4.78 is 6.44. The first kappa shape index (κ1) is 24.6. The van der Waals surface area contributed by atoms with Crippen LogP contribution in [0.2, 0.25) is 0 Å². The van der Waals surface area contributed by atoms with Crippen LogP contribution < -0.4 is 4.90 Å². The highest BCUT2D eigenvalue weighted by Gasteiger charge is 2.28. The molecule has 3 nitrogen and oxygen atoms in total. The van der Waals surface area contributed by atoms with Crippen LogP contribution in [0.5, 0.6) is 0 Å². The summed E-state index contributed by atoms with van der Waals surface area (Å²) in [4.78, 5) is 7.32. The van der Waals surface area contributed by atoms with Gasteiger partial charge in [-0.05, 0) is 64.4 Å². The van der Waals surface area contributed by atoms with Crippen LogP contribution in [0.4, 0.5) is 17.1 Å². The molecule has 206 valence electrons. The first-order valence-electron chi connectivity index (χ1n) is 14.9. The lowest BCUT2D eigenvalue weighted by molar-refractivity contribution is 0.590. The zero-order valence-electron chi connectivity index (χ0n) is 23.8. The van der Waals surface area contributed by atoms with Crippen molar-refractivity contribution < 1.29 is 4.42 Å². The maximum Gasteiger partial charge on any atom is 0.227 e. The van der Waals surface area contributed by atoms with Gasteiger partial charge in [0.25, 0.3) is 0 Å². The smallest absolute Gasteiger partial charge is 0.227 e. The fraction of sp³-hybridized carbons (Fsp3) is 0. The van der Waals surface area contributed by atoms with Gasteiger partial charge in [0.2, 0.25) is 5.89 Å². The van der Waals surface area contributed by atoms with Crippen molar-refractivity contribution >= 4 is 38.6 Å². The van der Waals surface area contributed by atoms with Crippen LogP contribution in [0.1, 0.15) is 0 Å². The van der Waals surface area contributed by atoms with Crippen molar-refractivity contribution in [2.24, 2.45) is 0 Å². The Morgan fingerprint density at radius 1 is 0.455 bits per heavy atom. The first-order valence-corrected chi connectivity index (χ1v) is 14.9. The number of anilines is 3. The molecule has 0 amide bonds. The van der Waals surface area contributed by atoms with Gasteiger partial charge < -0.3 is 9.32 Å². The van der Waals surface area contributed by atoms with Crippen LogP contribution >= 0.6 is 0 Å². The lowest BCUT2D eigenvalue weighted by Crippen LogP contribution is -2.10. The third-order valence-corrected chi connectivity index (χ3v) is 8.65. The molecule has 8 aromatic rings. The van der Waals surface area contributed by atoms with E-state index in [4.69, 9.17) is 9.40 Å². The molecular weight excluding hydrogens is 536 g/mol. The van der Waals surface area contributed by atoms with Crippen LogP contribution in [-0.2, 0) is 0 Å². The number of para-hydroxylation sites is 1. The van der Waals surface area contributed by atoms with Crippen LogP contribution in [0.25, 0.3) is 66.7 Å². The van der Waals surface area contributed by atoms with Gasteiger partial charge in [-0.15, -0.1) is 0 Å². The Bertz CT molecular complexity index is 2260. The van der Waals surface area contributed by atoms with Gasteiger partial charge in [0.1, 0.15) is 5.69 Å². The Morgan fingerprint density at radius 2 is 1.11 bits per heavy atom. The third kappa shape index (κ3) is 3.80. The van der Waals surface area contributed by atoms with Gasteiger partial charge in [0, 0.05) is 38.8 Å². The molecule has 1 aliphatic carbocycles. The number of nitrogens with zero attached hydrogens (tertiary/aromatic N) is 2. The molecule has 1 heterocycles. The van der Waals surface area contributed by atoms with Crippen LogP contribution in [0, 0.1) is 0 Å². The number of rotatable bonds is 5. The maximum atomic E-state index is 6.44. The second-order valence-electron chi connectivity index (χ2n) is 11.2. The monoisotopic (exact) mass is 562 g/mol. The first-order chi connectivity index (χ1) is 21.8. The van der Waals surface area contributed by atoms with Gasteiger partial charge >= 0.3 is 0 Å². The Labute approximate surface area is 255 Å². The van der Waals surface area contributed by atoms with Crippen molar-refractivity contribution in [3.05, 3.63) is 158 Å². The molecule has 0 fully saturated rings. The van der Waals surface area contributed by atoms with E-state index in [0.29, 0.717) is 5.89 Å². The summed E-state index contributed by atoms with van der Waals surface area (Å²) in [7, 11) is 0. The summed E-state index contributed by atoms with van der Waals surface area (Å²) in [5.41, 5.74) is 9.84. The van der Waals surface area contributed by atoms with Crippen molar-refractivity contribution in [3.63, 3.8) is 0 Å². The number of aromatic nitrogens is 1. The third-order valence-electron chi connectivity index (χ3n) is 8.65. The highest BCUT2D eigenvalue weighted by molar-refractivity contribution is 6.13. The summed E-state index contributed by atoms with van der Waals surface area (Å²) in [6.45, 7) is 0. The van der Waals surface area contributed by atoms with E-state index in [1.54, 1.807) is 0 Å². The van der Waals surface area contributed by atoms with E-state index in [1.807, 2.05) is 0 Å². The molecular formula is C41H26N2O. The fourth-order valence-corrected chi connectivity index (χ4v) is 6.64. The number of oxazole rings is 1. The summed E-state index contributed by atoms with van der Waals surface area (Å²) in [6, 6.07) is 55.6. The van der Waals surface area contributed by atoms with Crippen molar-refractivity contribution in [2.75, 3.05) is 4.90 Å². The number of hydrogen-bond acceptors (Lipinski definition) is 3. The molecule has 0 spiro atoms. The predicted molar refractivity (Wildman–Crippen MR) is 181 cm³/mol. The fourth-order valence-electron chi connectivity index (χ4n) is 6.64. The quantitative estimate of drug-likeness (QED) is 0.209. The summed E-state index contributed by atoms with van der Waals surface area (Å²) in [6.07, 6.45) is 0. The van der Waals surface area contributed by atoms with Crippen molar-refractivity contribution in [2.45, 2.75) is 0 Å². The minimum Gasteiger partial charge on any atom is -0.435 e. The minimum atomic E-state index is 0.636. The number of benzene rings is 7. The van der Waals surface area contributed by atoms with Crippen molar-refractivity contribution in [3.8, 4) is 45.2 Å². The topological polar surface area (TPSA) is 29.3 Å². The Hall–Kier alpha value is -5.93. The van der Waals surface area contributed by atoms with E-state index in [2.05, 4.69) is 163 Å². The molecule has 0 unspecified atom stereocenters. The zero-order valence-corrected chi connectivity index (χ0v) is 23.8. The van der Waals surface area contributed by atoms with Gasteiger partial charge in [0.15, 0.2) is 5.76 Å². The molecule has 0 atom stereocenters. The normalized spacial score (nSPS) is 11.6. The Morgan fingerprint density at radius 3 is 1.89 bits per heavy atom. The molecule has 0 N–H and O–H groups in total. The zero-order chi connectivity index (χ0) is 29.0. The predicted octanol–water partition coefficient (Wildman–Crippen LogP) is 11.4. The maximum absolute atomic E-state index is 6.44. The molecule has 0 bridgehead atoms. The molecule has 44 heavy (non-hydrogen) atoms. The van der Waals surface area contributed by atoms with Gasteiger partial charge in [-0.2, -0.15) is 0 Å². The molecule has 9 rings (SSSR count). The van der Waals surface area contributed by atoms with Crippen molar-refractivity contribution in [1.82, 2.24) is 4.98 Å². The van der Waals surface area contributed by atoms with E-state index < -0.39 is 0 Å². The molecule has 0 radical (unpaired) electrons. The Kier molecular flexibility index (Phi) is 5.50. The lowest BCUT2D eigenvalue weighted by Gasteiger charge is -2.27. The minimum absolute atomic E-state index is 0.636. The summed E-state index contributed by atoms with van der Waals surface area (Å²) in [5.74, 6) is 1.49. The highest BCUT2D eigenvalue weighted by Crippen LogP contribution is 2.48.